The molecule has 1 aromatic heterocycles. The van der Waals surface area contributed by atoms with Gasteiger partial charge in [-0.05, 0) is 54.6 Å². The quantitative estimate of drug-likeness (QED) is 0.573. The molecule has 0 aliphatic carbocycles. The zero-order valence-electron chi connectivity index (χ0n) is 13.7. The van der Waals surface area contributed by atoms with E-state index < -0.39 is 0 Å². The van der Waals surface area contributed by atoms with Crippen LogP contribution in [0, 0.1) is 5.82 Å². The number of ketones is 1. The van der Waals surface area contributed by atoms with Gasteiger partial charge in [-0.25, -0.2) is 4.39 Å². The van der Waals surface area contributed by atoms with Crippen LogP contribution in [0.5, 0.6) is 11.5 Å². The van der Waals surface area contributed by atoms with Crippen LogP contribution in [0.4, 0.5) is 4.39 Å². The van der Waals surface area contributed by atoms with E-state index in [1.165, 1.54) is 18.2 Å². The molecule has 0 radical (unpaired) electrons. The summed E-state index contributed by atoms with van der Waals surface area (Å²) in [6.07, 6.45) is 4.77. The molecule has 0 atom stereocenters. The summed E-state index contributed by atoms with van der Waals surface area (Å²) in [5.74, 6) is 0.753. The fraction of sp³-hybridized carbons (Fsp3) is 0.100. The number of nitrogens with zero attached hydrogens (tertiary/aromatic N) is 1. The number of ether oxygens (including phenoxy) is 2. The highest BCUT2D eigenvalue weighted by atomic mass is 19.1. The summed E-state index contributed by atoms with van der Waals surface area (Å²) in [4.78, 5) is 12.5. The van der Waals surface area contributed by atoms with Crippen molar-refractivity contribution in [3.8, 4) is 22.8 Å². The molecule has 130 valence electrons. The van der Waals surface area contributed by atoms with E-state index in [1.54, 1.807) is 42.6 Å². The Kier molecular flexibility index (Phi) is 4.23. The SMILES string of the molecule is O=C(/C=C/c1cn[nH]c1-c1ccc(F)cc1)c1ccc2c(c1)OCCO2. The maximum atomic E-state index is 13.1. The number of hydrogen-bond acceptors (Lipinski definition) is 4. The van der Waals surface area contributed by atoms with Crippen molar-refractivity contribution in [1.82, 2.24) is 10.2 Å². The summed E-state index contributed by atoms with van der Waals surface area (Å²) in [5, 5.41) is 6.89. The normalized spacial score (nSPS) is 13.1. The van der Waals surface area contributed by atoms with Gasteiger partial charge in [0.05, 0.1) is 11.9 Å². The minimum absolute atomic E-state index is 0.159. The van der Waals surface area contributed by atoms with E-state index in [4.69, 9.17) is 9.47 Å². The van der Waals surface area contributed by atoms with Crippen LogP contribution in [0.2, 0.25) is 0 Å². The number of hydrogen-bond donors (Lipinski definition) is 1. The van der Waals surface area contributed by atoms with Crippen molar-refractivity contribution < 1.29 is 18.7 Å². The molecule has 0 saturated carbocycles. The summed E-state index contributed by atoms with van der Waals surface area (Å²) in [6, 6.07) is 11.2. The van der Waals surface area contributed by atoms with Gasteiger partial charge in [0, 0.05) is 16.7 Å². The van der Waals surface area contributed by atoms with Gasteiger partial charge in [0.1, 0.15) is 19.0 Å². The summed E-state index contributed by atoms with van der Waals surface area (Å²) in [7, 11) is 0. The fourth-order valence-corrected chi connectivity index (χ4v) is 2.73. The van der Waals surface area contributed by atoms with Crippen molar-refractivity contribution in [3.63, 3.8) is 0 Å². The van der Waals surface area contributed by atoms with Gasteiger partial charge in [-0.1, -0.05) is 0 Å². The molecule has 0 spiro atoms. The average Bonchev–Trinajstić information content (AvgIpc) is 3.15. The Balaban J connectivity index is 1.56. The molecule has 1 aliphatic rings. The van der Waals surface area contributed by atoms with E-state index in [-0.39, 0.29) is 11.6 Å². The first-order valence-corrected chi connectivity index (χ1v) is 8.12. The third-order valence-electron chi connectivity index (χ3n) is 4.04. The second-order valence-corrected chi connectivity index (χ2v) is 5.76. The maximum absolute atomic E-state index is 13.1. The Labute approximate surface area is 149 Å². The van der Waals surface area contributed by atoms with E-state index in [2.05, 4.69) is 10.2 Å². The maximum Gasteiger partial charge on any atom is 0.185 e. The molecule has 26 heavy (non-hydrogen) atoms. The predicted molar refractivity (Wildman–Crippen MR) is 94.8 cm³/mol. The van der Waals surface area contributed by atoms with Crippen molar-refractivity contribution in [1.29, 1.82) is 0 Å². The van der Waals surface area contributed by atoms with Crippen LogP contribution in [0.1, 0.15) is 15.9 Å². The number of allylic oxidation sites excluding steroid dienone is 1. The molecule has 0 unspecified atom stereocenters. The molecule has 3 aromatic rings. The van der Waals surface area contributed by atoms with Gasteiger partial charge in [0.2, 0.25) is 0 Å². The number of aromatic nitrogens is 2. The minimum Gasteiger partial charge on any atom is -0.486 e. The fourth-order valence-electron chi connectivity index (χ4n) is 2.73. The highest BCUT2D eigenvalue weighted by Gasteiger charge is 2.14. The number of fused-ring (bicyclic) bond motifs is 1. The van der Waals surface area contributed by atoms with Crippen molar-refractivity contribution in [2.24, 2.45) is 0 Å². The molecule has 0 fully saturated rings. The summed E-state index contributed by atoms with van der Waals surface area (Å²) < 4.78 is 24.0. The number of benzene rings is 2. The van der Waals surface area contributed by atoms with Gasteiger partial charge in [-0.3, -0.25) is 9.89 Å². The Bertz CT molecular complexity index is 977. The van der Waals surface area contributed by atoms with Crippen molar-refractivity contribution in [3.05, 3.63) is 71.7 Å². The van der Waals surface area contributed by atoms with E-state index in [9.17, 15) is 9.18 Å². The monoisotopic (exact) mass is 350 g/mol. The number of H-pyrrole nitrogens is 1. The van der Waals surface area contributed by atoms with Crippen LogP contribution < -0.4 is 9.47 Å². The predicted octanol–water partition coefficient (Wildman–Crippen LogP) is 3.88. The van der Waals surface area contributed by atoms with Gasteiger partial charge in [0.25, 0.3) is 0 Å². The smallest absolute Gasteiger partial charge is 0.185 e. The summed E-state index contributed by atoms with van der Waals surface area (Å²) in [6.45, 7) is 0.976. The summed E-state index contributed by atoms with van der Waals surface area (Å²) >= 11 is 0. The molecule has 1 aliphatic heterocycles. The van der Waals surface area contributed by atoms with Crippen LogP contribution in [-0.2, 0) is 0 Å². The Hall–Kier alpha value is -3.41. The molecule has 6 heteroatoms. The Morgan fingerprint density at radius 3 is 2.65 bits per heavy atom. The van der Waals surface area contributed by atoms with Gasteiger partial charge in [-0.2, -0.15) is 5.10 Å². The largest absolute Gasteiger partial charge is 0.486 e. The van der Waals surface area contributed by atoms with E-state index in [1.807, 2.05) is 0 Å². The minimum atomic E-state index is -0.306. The molecule has 0 bridgehead atoms. The average molecular weight is 350 g/mol. The van der Waals surface area contributed by atoms with Gasteiger partial charge >= 0.3 is 0 Å². The highest BCUT2D eigenvalue weighted by Crippen LogP contribution is 2.31. The van der Waals surface area contributed by atoms with Crippen molar-refractivity contribution in [2.45, 2.75) is 0 Å². The molecule has 2 aromatic carbocycles. The molecular weight excluding hydrogens is 335 g/mol. The molecule has 1 N–H and O–H groups in total. The molecule has 0 saturated heterocycles. The zero-order valence-corrected chi connectivity index (χ0v) is 13.7. The third kappa shape index (κ3) is 3.21. The lowest BCUT2D eigenvalue weighted by Gasteiger charge is -2.18. The number of aromatic amines is 1. The molecule has 0 amide bonds. The van der Waals surface area contributed by atoms with Crippen LogP contribution in [0.25, 0.3) is 17.3 Å². The molecule has 2 heterocycles. The Morgan fingerprint density at radius 2 is 1.85 bits per heavy atom. The lowest BCUT2D eigenvalue weighted by atomic mass is 10.1. The van der Waals surface area contributed by atoms with E-state index in [0.717, 1.165) is 16.8 Å². The first kappa shape index (κ1) is 16.1. The van der Waals surface area contributed by atoms with Gasteiger partial charge < -0.3 is 9.47 Å². The first-order chi connectivity index (χ1) is 12.7. The van der Waals surface area contributed by atoms with Crippen LogP contribution in [0.3, 0.4) is 0 Å². The molecule has 5 nitrogen and oxygen atoms in total. The number of carbonyl (C=O) groups excluding carboxylic acids is 1. The molecular formula is C20H15FN2O3. The Morgan fingerprint density at radius 1 is 1.08 bits per heavy atom. The zero-order chi connectivity index (χ0) is 17.9. The van der Waals surface area contributed by atoms with Crippen LogP contribution in [0.15, 0.2) is 54.7 Å². The van der Waals surface area contributed by atoms with Crippen molar-refractivity contribution >= 4 is 11.9 Å². The topological polar surface area (TPSA) is 64.2 Å². The number of halogens is 1. The van der Waals surface area contributed by atoms with Crippen LogP contribution >= 0.6 is 0 Å². The van der Waals surface area contributed by atoms with Crippen LogP contribution in [-0.4, -0.2) is 29.2 Å². The van der Waals surface area contributed by atoms with E-state index in [0.29, 0.717) is 30.3 Å². The van der Waals surface area contributed by atoms with E-state index >= 15 is 0 Å². The van der Waals surface area contributed by atoms with Gasteiger partial charge in [-0.15, -0.1) is 0 Å². The van der Waals surface area contributed by atoms with Crippen molar-refractivity contribution in [2.75, 3.05) is 13.2 Å². The molecule has 4 rings (SSSR count). The lowest BCUT2D eigenvalue weighted by Crippen LogP contribution is -2.15. The number of nitrogens with one attached hydrogen (secondary N) is 1. The third-order valence-corrected chi connectivity index (χ3v) is 4.04. The second-order valence-electron chi connectivity index (χ2n) is 5.76. The first-order valence-electron chi connectivity index (χ1n) is 8.12. The number of rotatable bonds is 4. The van der Waals surface area contributed by atoms with Gasteiger partial charge in [0.15, 0.2) is 17.3 Å². The highest BCUT2D eigenvalue weighted by molar-refractivity contribution is 6.07. The second kappa shape index (κ2) is 6.84. The lowest BCUT2D eigenvalue weighted by molar-refractivity contribution is 0.104. The number of carbonyl (C=O) groups is 1. The summed E-state index contributed by atoms with van der Waals surface area (Å²) in [5.41, 5.74) is 2.76. The standard InChI is InChI=1S/C20H15FN2O3/c21-16-5-1-13(2-6-16)20-15(12-22-23-20)3-7-17(24)14-4-8-18-19(11-14)26-10-9-25-18/h1-8,11-12H,9-10H2,(H,22,23)/b7-3+.